The maximum atomic E-state index is 12.1. The second-order valence-corrected chi connectivity index (χ2v) is 14.7. The van der Waals surface area contributed by atoms with E-state index in [1.807, 2.05) is 6.08 Å². The Balaban J connectivity index is 1.17. The van der Waals surface area contributed by atoms with Gasteiger partial charge in [-0.25, -0.2) is 0 Å². The number of hydrogen-bond acceptors (Lipinski definition) is 2. The van der Waals surface area contributed by atoms with Crippen LogP contribution < -0.4 is 0 Å². The molecule has 0 amide bonds. The number of carbonyl (C=O) groups is 1. The standard InChI is InChI=1S/C40H64O2/c1-7-8-12-20-34-28-36(34)30-37-29-35(37)21-13-10-9-11-14-22-39(41)42-27-25-32(3)18-15-17-31(2)23-24-38-33(4)19-16-26-40(38,5)6/h15,17-18,23-25,34-37H,7-14,16,19-22,26-30H2,1-6H3. The van der Waals surface area contributed by atoms with E-state index in [1.165, 1.54) is 100 Å². The molecule has 0 N–H and O–H groups in total. The summed E-state index contributed by atoms with van der Waals surface area (Å²) in [4.78, 5) is 12.1. The van der Waals surface area contributed by atoms with Crippen molar-refractivity contribution < 1.29 is 9.53 Å². The predicted octanol–water partition coefficient (Wildman–Crippen LogP) is 12.0. The predicted molar refractivity (Wildman–Crippen MR) is 181 cm³/mol. The first-order valence-corrected chi connectivity index (χ1v) is 17.7. The Bertz CT molecular complexity index is 987. The van der Waals surface area contributed by atoms with Crippen molar-refractivity contribution in [2.75, 3.05) is 6.61 Å². The van der Waals surface area contributed by atoms with Crippen molar-refractivity contribution in [3.63, 3.8) is 0 Å². The number of ether oxygens (including phenoxy) is 1. The Morgan fingerprint density at radius 1 is 0.881 bits per heavy atom. The van der Waals surface area contributed by atoms with Crippen molar-refractivity contribution in [2.45, 2.75) is 151 Å². The zero-order valence-corrected chi connectivity index (χ0v) is 28.3. The first kappa shape index (κ1) is 34.7. The molecule has 236 valence electrons. The Labute approximate surface area is 260 Å². The molecule has 2 fully saturated rings. The van der Waals surface area contributed by atoms with Gasteiger partial charge in [-0.2, -0.15) is 0 Å². The molecule has 0 aliphatic heterocycles. The molecule has 0 heterocycles. The van der Waals surface area contributed by atoms with Gasteiger partial charge in [0.1, 0.15) is 6.61 Å². The van der Waals surface area contributed by atoms with Crippen molar-refractivity contribution in [3.8, 4) is 0 Å². The van der Waals surface area contributed by atoms with E-state index in [9.17, 15) is 4.79 Å². The number of hydrogen-bond donors (Lipinski definition) is 0. The lowest BCUT2D eigenvalue weighted by Crippen LogP contribution is -2.19. The molecular weight excluding hydrogens is 512 g/mol. The molecule has 4 atom stereocenters. The summed E-state index contributed by atoms with van der Waals surface area (Å²) in [7, 11) is 0. The van der Waals surface area contributed by atoms with E-state index in [0.717, 1.165) is 42.1 Å². The molecule has 0 bridgehead atoms. The number of allylic oxidation sites excluding steroid dienone is 9. The first-order chi connectivity index (χ1) is 20.2. The fraction of sp³-hybridized carbons (Fsp3) is 0.725. The Morgan fingerprint density at radius 2 is 1.55 bits per heavy atom. The van der Waals surface area contributed by atoms with Crippen LogP contribution in [0.15, 0.2) is 58.7 Å². The number of carbonyl (C=O) groups excluding carboxylic acids is 1. The van der Waals surface area contributed by atoms with Crippen LogP contribution in [0.3, 0.4) is 0 Å². The van der Waals surface area contributed by atoms with Crippen molar-refractivity contribution >= 4 is 5.97 Å². The van der Waals surface area contributed by atoms with Gasteiger partial charge >= 0.3 is 5.97 Å². The maximum Gasteiger partial charge on any atom is 0.306 e. The zero-order chi connectivity index (χ0) is 30.4. The molecule has 0 aromatic heterocycles. The molecule has 2 nitrogen and oxygen atoms in total. The van der Waals surface area contributed by atoms with Crippen LogP contribution in [0.5, 0.6) is 0 Å². The highest BCUT2D eigenvalue weighted by Gasteiger charge is 2.44. The summed E-state index contributed by atoms with van der Waals surface area (Å²) in [6, 6.07) is 0. The van der Waals surface area contributed by atoms with E-state index < -0.39 is 0 Å². The van der Waals surface area contributed by atoms with E-state index in [-0.39, 0.29) is 11.4 Å². The summed E-state index contributed by atoms with van der Waals surface area (Å²) in [6.45, 7) is 13.9. The largest absolute Gasteiger partial charge is 0.461 e. The smallest absolute Gasteiger partial charge is 0.306 e. The molecule has 2 saturated carbocycles. The van der Waals surface area contributed by atoms with Crippen molar-refractivity contribution in [2.24, 2.45) is 29.1 Å². The van der Waals surface area contributed by atoms with Crippen LogP contribution in [0.2, 0.25) is 0 Å². The molecule has 3 rings (SSSR count). The van der Waals surface area contributed by atoms with Crippen LogP contribution in [0.1, 0.15) is 151 Å². The van der Waals surface area contributed by atoms with E-state index in [2.05, 4.69) is 71.9 Å². The Morgan fingerprint density at radius 3 is 2.24 bits per heavy atom. The molecule has 0 radical (unpaired) electrons. The molecule has 2 heteroatoms. The number of esters is 1. The van der Waals surface area contributed by atoms with E-state index in [1.54, 1.807) is 6.42 Å². The maximum absolute atomic E-state index is 12.1. The highest BCUT2D eigenvalue weighted by molar-refractivity contribution is 5.69. The minimum absolute atomic E-state index is 0.0620. The second kappa shape index (κ2) is 18.1. The zero-order valence-electron chi connectivity index (χ0n) is 28.3. The molecule has 3 aliphatic rings. The minimum Gasteiger partial charge on any atom is -0.461 e. The molecule has 4 unspecified atom stereocenters. The summed E-state index contributed by atoms with van der Waals surface area (Å²) in [5.74, 6) is 4.23. The van der Waals surface area contributed by atoms with E-state index >= 15 is 0 Å². The summed E-state index contributed by atoms with van der Waals surface area (Å²) in [5.41, 5.74) is 5.66. The third-order valence-electron chi connectivity index (χ3n) is 10.3. The fourth-order valence-electron chi connectivity index (χ4n) is 7.20. The van der Waals surface area contributed by atoms with Gasteiger partial charge < -0.3 is 4.74 Å². The van der Waals surface area contributed by atoms with Gasteiger partial charge in [-0.3, -0.25) is 4.79 Å². The quantitative estimate of drug-likeness (QED) is 0.0818. The summed E-state index contributed by atoms with van der Waals surface area (Å²) in [5, 5.41) is 0. The highest BCUT2D eigenvalue weighted by atomic mass is 16.5. The van der Waals surface area contributed by atoms with Crippen LogP contribution in [-0.2, 0) is 9.53 Å². The average Bonchev–Trinajstić information content (AvgIpc) is 3.86. The molecule has 0 aromatic rings. The van der Waals surface area contributed by atoms with Crippen molar-refractivity contribution in [3.05, 3.63) is 58.7 Å². The molecule has 42 heavy (non-hydrogen) atoms. The molecule has 3 aliphatic carbocycles. The van der Waals surface area contributed by atoms with E-state index in [4.69, 9.17) is 4.74 Å². The van der Waals surface area contributed by atoms with Crippen LogP contribution >= 0.6 is 0 Å². The van der Waals surface area contributed by atoms with Crippen LogP contribution in [0.25, 0.3) is 0 Å². The fourth-order valence-corrected chi connectivity index (χ4v) is 7.20. The highest BCUT2D eigenvalue weighted by Crippen LogP contribution is 2.54. The SMILES string of the molecule is CCCCCC1CC1CC1CC1CCCCCCCC(=O)OCC=C(C)C=CC=C(C)C=CC1=C(C)CCCC1(C)C. The Kier molecular flexibility index (Phi) is 14.9. The van der Waals surface area contributed by atoms with E-state index in [0.29, 0.717) is 13.0 Å². The van der Waals surface area contributed by atoms with Gasteiger partial charge in [0, 0.05) is 6.42 Å². The molecule has 0 spiro atoms. The second-order valence-electron chi connectivity index (χ2n) is 14.7. The van der Waals surface area contributed by atoms with Gasteiger partial charge in [-0.05, 0) is 106 Å². The summed E-state index contributed by atoms with van der Waals surface area (Å²) >= 11 is 0. The Hall–Kier alpha value is -1.83. The van der Waals surface area contributed by atoms with Gasteiger partial charge in [0.25, 0.3) is 0 Å². The number of rotatable bonds is 20. The lowest BCUT2D eigenvalue weighted by atomic mass is 9.72. The van der Waals surface area contributed by atoms with Crippen LogP contribution in [0, 0.1) is 29.1 Å². The van der Waals surface area contributed by atoms with Gasteiger partial charge in [0.05, 0.1) is 0 Å². The molecular formula is C40H64O2. The third kappa shape index (κ3) is 13.2. The number of unbranched alkanes of at least 4 members (excludes halogenated alkanes) is 6. The van der Waals surface area contributed by atoms with Gasteiger partial charge in [-0.1, -0.05) is 126 Å². The van der Waals surface area contributed by atoms with Crippen LogP contribution in [0.4, 0.5) is 0 Å². The third-order valence-corrected chi connectivity index (χ3v) is 10.3. The topological polar surface area (TPSA) is 26.3 Å². The summed E-state index contributed by atoms with van der Waals surface area (Å²) < 4.78 is 5.45. The summed E-state index contributed by atoms with van der Waals surface area (Å²) in [6.07, 6.45) is 35.1. The van der Waals surface area contributed by atoms with Crippen LogP contribution in [-0.4, -0.2) is 12.6 Å². The van der Waals surface area contributed by atoms with Gasteiger partial charge in [0.2, 0.25) is 0 Å². The van der Waals surface area contributed by atoms with Crippen molar-refractivity contribution in [1.29, 1.82) is 0 Å². The average molecular weight is 577 g/mol. The van der Waals surface area contributed by atoms with Crippen molar-refractivity contribution in [1.82, 2.24) is 0 Å². The molecule has 0 saturated heterocycles. The lowest BCUT2D eigenvalue weighted by Gasteiger charge is -2.32. The lowest BCUT2D eigenvalue weighted by molar-refractivity contribution is -0.142. The monoisotopic (exact) mass is 576 g/mol. The van der Waals surface area contributed by atoms with Gasteiger partial charge in [0.15, 0.2) is 0 Å². The first-order valence-electron chi connectivity index (χ1n) is 17.7. The normalized spacial score (nSPS) is 26.0. The van der Waals surface area contributed by atoms with Gasteiger partial charge in [-0.15, -0.1) is 0 Å². The molecule has 0 aromatic carbocycles. The minimum atomic E-state index is -0.0620.